The van der Waals surface area contributed by atoms with Crippen molar-refractivity contribution in [1.82, 2.24) is 9.78 Å². The van der Waals surface area contributed by atoms with Crippen LogP contribution in [0.2, 0.25) is 0 Å². The second kappa shape index (κ2) is 6.41. The van der Waals surface area contributed by atoms with E-state index in [0.29, 0.717) is 5.88 Å². The highest BCUT2D eigenvalue weighted by atomic mass is 16.3. The Hall–Kier alpha value is -1.77. The van der Waals surface area contributed by atoms with Gasteiger partial charge >= 0.3 is 0 Å². The van der Waals surface area contributed by atoms with Crippen LogP contribution in [0.25, 0.3) is 11.1 Å². The molecule has 1 aromatic heterocycles. The van der Waals surface area contributed by atoms with Gasteiger partial charge in [-0.3, -0.25) is 0 Å². The Morgan fingerprint density at radius 2 is 1.84 bits per heavy atom. The van der Waals surface area contributed by atoms with Crippen molar-refractivity contribution in [2.45, 2.75) is 46.1 Å². The third kappa shape index (κ3) is 2.98. The van der Waals surface area contributed by atoms with Gasteiger partial charge in [0, 0.05) is 6.54 Å². The normalized spacial score (nSPS) is 10.8. The summed E-state index contributed by atoms with van der Waals surface area (Å²) >= 11 is 0. The minimum absolute atomic E-state index is 0.308. The molecule has 1 N–H and O–H groups in total. The third-order valence-electron chi connectivity index (χ3n) is 3.27. The van der Waals surface area contributed by atoms with Crippen LogP contribution in [0.15, 0.2) is 30.3 Å². The molecule has 3 nitrogen and oxygen atoms in total. The summed E-state index contributed by atoms with van der Waals surface area (Å²) in [5, 5.41) is 15.0. The average molecular weight is 258 g/mol. The van der Waals surface area contributed by atoms with Crippen LogP contribution < -0.4 is 0 Å². The Bertz CT molecular complexity index is 517. The van der Waals surface area contributed by atoms with Gasteiger partial charge in [-0.2, -0.15) is 5.10 Å². The van der Waals surface area contributed by atoms with Crippen LogP contribution in [-0.4, -0.2) is 14.9 Å². The molecule has 0 amide bonds. The Morgan fingerprint density at radius 3 is 2.47 bits per heavy atom. The summed E-state index contributed by atoms with van der Waals surface area (Å²) in [6.45, 7) is 5.06. The molecular formula is C16H22N2O. The van der Waals surface area contributed by atoms with Gasteiger partial charge in [0.15, 0.2) is 0 Å². The van der Waals surface area contributed by atoms with Crippen molar-refractivity contribution in [2.75, 3.05) is 0 Å². The van der Waals surface area contributed by atoms with E-state index in [1.165, 1.54) is 0 Å². The summed E-state index contributed by atoms with van der Waals surface area (Å²) < 4.78 is 1.75. The number of hydrogen-bond donors (Lipinski definition) is 1. The molecule has 0 bridgehead atoms. The van der Waals surface area contributed by atoms with Gasteiger partial charge in [-0.25, -0.2) is 4.68 Å². The summed E-state index contributed by atoms with van der Waals surface area (Å²) in [4.78, 5) is 0. The van der Waals surface area contributed by atoms with Crippen molar-refractivity contribution in [3.05, 3.63) is 36.0 Å². The molecule has 0 radical (unpaired) electrons. The van der Waals surface area contributed by atoms with E-state index in [-0.39, 0.29) is 0 Å². The van der Waals surface area contributed by atoms with E-state index in [2.05, 4.69) is 18.9 Å². The maximum atomic E-state index is 10.4. The van der Waals surface area contributed by atoms with Gasteiger partial charge in [0.25, 0.3) is 0 Å². The van der Waals surface area contributed by atoms with E-state index in [9.17, 15) is 5.11 Å². The lowest BCUT2D eigenvalue weighted by molar-refractivity contribution is 0.394. The highest BCUT2D eigenvalue weighted by Gasteiger charge is 2.17. The quantitative estimate of drug-likeness (QED) is 0.850. The number of aromatic hydroxyl groups is 1. The number of aryl methyl sites for hydroxylation is 2. The summed E-state index contributed by atoms with van der Waals surface area (Å²) in [6.07, 6.45) is 4.07. The number of benzene rings is 1. The van der Waals surface area contributed by atoms with Gasteiger partial charge in [0.05, 0.1) is 11.3 Å². The molecule has 2 aromatic rings. The monoisotopic (exact) mass is 258 g/mol. The summed E-state index contributed by atoms with van der Waals surface area (Å²) in [5.74, 6) is 0.308. The fourth-order valence-electron chi connectivity index (χ4n) is 2.28. The van der Waals surface area contributed by atoms with Gasteiger partial charge < -0.3 is 5.11 Å². The summed E-state index contributed by atoms with van der Waals surface area (Å²) in [5.41, 5.74) is 2.95. The highest BCUT2D eigenvalue weighted by molar-refractivity contribution is 5.71. The van der Waals surface area contributed by atoms with E-state index in [0.717, 1.165) is 49.0 Å². The Kier molecular flexibility index (Phi) is 4.61. The first-order chi connectivity index (χ1) is 9.27. The predicted octanol–water partition coefficient (Wildman–Crippen LogP) is 4.01. The average Bonchev–Trinajstić information content (AvgIpc) is 2.74. The molecular weight excluding hydrogens is 236 g/mol. The van der Waals surface area contributed by atoms with Gasteiger partial charge in [-0.1, -0.05) is 57.0 Å². The molecule has 0 unspecified atom stereocenters. The first kappa shape index (κ1) is 13.7. The van der Waals surface area contributed by atoms with E-state index in [1.54, 1.807) is 4.68 Å². The fraction of sp³-hybridized carbons (Fsp3) is 0.438. The van der Waals surface area contributed by atoms with Gasteiger partial charge in [-0.05, 0) is 18.4 Å². The molecule has 0 aliphatic heterocycles. The van der Waals surface area contributed by atoms with Crippen molar-refractivity contribution < 1.29 is 5.11 Å². The molecule has 0 saturated heterocycles. The Morgan fingerprint density at radius 1 is 1.11 bits per heavy atom. The van der Waals surface area contributed by atoms with Gasteiger partial charge in [0.1, 0.15) is 0 Å². The van der Waals surface area contributed by atoms with Crippen LogP contribution >= 0.6 is 0 Å². The van der Waals surface area contributed by atoms with Crippen LogP contribution in [0.1, 0.15) is 38.8 Å². The van der Waals surface area contributed by atoms with Crippen LogP contribution in [0.5, 0.6) is 5.88 Å². The molecule has 3 heteroatoms. The topological polar surface area (TPSA) is 38.0 Å². The van der Waals surface area contributed by atoms with E-state index < -0.39 is 0 Å². The Labute approximate surface area is 114 Å². The van der Waals surface area contributed by atoms with Crippen molar-refractivity contribution >= 4 is 0 Å². The molecule has 0 aliphatic carbocycles. The van der Waals surface area contributed by atoms with Crippen LogP contribution in [-0.2, 0) is 13.0 Å². The zero-order chi connectivity index (χ0) is 13.7. The molecule has 2 rings (SSSR count). The van der Waals surface area contributed by atoms with Crippen molar-refractivity contribution in [2.24, 2.45) is 0 Å². The number of hydrogen-bond acceptors (Lipinski definition) is 2. The second-order valence-corrected chi connectivity index (χ2v) is 4.84. The molecule has 0 saturated carbocycles. The lowest BCUT2D eigenvalue weighted by Crippen LogP contribution is -1.99. The molecule has 1 aromatic carbocycles. The molecule has 102 valence electrons. The zero-order valence-corrected chi connectivity index (χ0v) is 11.8. The third-order valence-corrected chi connectivity index (χ3v) is 3.27. The van der Waals surface area contributed by atoms with Crippen LogP contribution in [0.3, 0.4) is 0 Å². The largest absolute Gasteiger partial charge is 0.493 e. The number of rotatable bonds is 6. The number of unbranched alkanes of at least 4 members (excludes halogenated alkanes) is 1. The lowest BCUT2D eigenvalue weighted by Gasteiger charge is -2.03. The van der Waals surface area contributed by atoms with Gasteiger partial charge in [0.2, 0.25) is 5.88 Å². The SMILES string of the molecule is CCCCn1nc(CCC)c(-c2ccccc2)c1O. The van der Waals surface area contributed by atoms with E-state index in [4.69, 9.17) is 0 Å². The highest BCUT2D eigenvalue weighted by Crippen LogP contribution is 2.33. The predicted molar refractivity (Wildman–Crippen MR) is 78.2 cm³/mol. The summed E-state index contributed by atoms with van der Waals surface area (Å²) in [7, 11) is 0. The molecule has 0 fully saturated rings. The van der Waals surface area contributed by atoms with E-state index in [1.807, 2.05) is 30.3 Å². The minimum Gasteiger partial charge on any atom is -0.493 e. The molecule has 0 atom stereocenters. The second-order valence-electron chi connectivity index (χ2n) is 4.84. The smallest absolute Gasteiger partial charge is 0.217 e. The molecule has 0 aliphatic rings. The first-order valence-electron chi connectivity index (χ1n) is 7.12. The Balaban J connectivity index is 2.42. The van der Waals surface area contributed by atoms with Crippen molar-refractivity contribution in [3.8, 4) is 17.0 Å². The maximum Gasteiger partial charge on any atom is 0.217 e. The zero-order valence-electron chi connectivity index (χ0n) is 11.8. The standard InChI is InChI=1S/C16H22N2O/c1-3-5-12-18-16(19)15(14(17-18)9-4-2)13-10-7-6-8-11-13/h6-8,10-11,19H,3-5,9,12H2,1-2H3. The van der Waals surface area contributed by atoms with Crippen LogP contribution in [0.4, 0.5) is 0 Å². The fourth-order valence-corrected chi connectivity index (χ4v) is 2.28. The summed E-state index contributed by atoms with van der Waals surface area (Å²) in [6, 6.07) is 10.0. The van der Waals surface area contributed by atoms with Gasteiger partial charge in [-0.15, -0.1) is 0 Å². The lowest BCUT2D eigenvalue weighted by atomic mass is 10.0. The minimum atomic E-state index is 0.308. The van der Waals surface area contributed by atoms with Crippen molar-refractivity contribution in [1.29, 1.82) is 0 Å². The molecule has 19 heavy (non-hydrogen) atoms. The van der Waals surface area contributed by atoms with Crippen molar-refractivity contribution in [3.63, 3.8) is 0 Å². The van der Waals surface area contributed by atoms with Crippen LogP contribution in [0, 0.1) is 0 Å². The molecule has 0 spiro atoms. The maximum absolute atomic E-state index is 10.4. The first-order valence-corrected chi connectivity index (χ1v) is 7.12. The number of nitrogens with zero attached hydrogens (tertiary/aromatic N) is 2. The molecule has 1 heterocycles. The number of aromatic nitrogens is 2. The van der Waals surface area contributed by atoms with E-state index >= 15 is 0 Å².